The van der Waals surface area contributed by atoms with Crippen LogP contribution in [0, 0.1) is 0 Å². The zero-order valence-corrected chi connectivity index (χ0v) is 13.4. The number of carbonyl (C=O) groups is 2. The third-order valence-corrected chi connectivity index (χ3v) is 4.28. The molecule has 1 rings (SSSR count). The van der Waals surface area contributed by atoms with Crippen LogP contribution in [0.2, 0.25) is 0 Å². The summed E-state index contributed by atoms with van der Waals surface area (Å²) in [5.41, 5.74) is -0.520. The summed E-state index contributed by atoms with van der Waals surface area (Å²) < 4.78 is 0. The molecule has 0 heterocycles. The van der Waals surface area contributed by atoms with Crippen molar-refractivity contribution >= 4 is 12.0 Å². The lowest BCUT2D eigenvalue weighted by atomic mass is 9.74. The number of nitrogens with zero attached hydrogens (tertiary/aromatic N) is 1. The third kappa shape index (κ3) is 6.33. The summed E-state index contributed by atoms with van der Waals surface area (Å²) in [4.78, 5) is 24.9. The molecule has 1 aliphatic rings. The Balaban J connectivity index is 2.15. The van der Waals surface area contributed by atoms with Crippen molar-refractivity contribution in [3.05, 3.63) is 0 Å². The molecule has 3 N–H and O–H groups in total. The number of unbranched alkanes of at least 4 members (excludes halogenated alkanes) is 1. The summed E-state index contributed by atoms with van der Waals surface area (Å²) in [6, 6.07) is 0.295. The average Bonchev–Trinajstić information content (AvgIpc) is 2.34. The van der Waals surface area contributed by atoms with E-state index in [-0.39, 0.29) is 12.5 Å². The van der Waals surface area contributed by atoms with Gasteiger partial charge in [0.1, 0.15) is 0 Å². The number of carboxylic acids is 1. The molecule has 1 saturated carbocycles. The normalized spacial score (nSPS) is 16.6. The van der Waals surface area contributed by atoms with E-state index in [4.69, 9.17) is 5.11 Å². The van der Waals surface area contributed by atoms with Gasteiger partial charge < -0.3 is 20.6 Å². The van der Waals surface area contributed by atoms with Gasteiger partial charge in [-0.05, 0) is 59.5 Å². The molecule has 0 unspecified atom stereocenters. The molecular formula is C15H29N3O3. The second-order valence-corrected chi connectivity index (χ2v) is 6.37. The van der Waals surface area contributed by atoms with E-state index in [9.17, 15) is 9.59 Å². The van der Waals surface area contributed by atoms with E-state index in [1.165, 1.54) is 0 Å². The molecule has 122 valence electrons. The number of rotatable bonds is 9. The predicted molar refractivity (Wildman–Crippen MR) is 82.4 cm³/mol. The van der Waals surface area contributed by atoms with Crippen LogP contribution in [-0.4, -0.2) is 53.7 Å². The van der Waals surface area contributed by atoms with Crippen molar-refractivity contribution in [2.24, 2.45) is 0 Å². The summed E-state index contributed by atoms with van der Waals surface area (Å²) >= 11 is 0. The van der Waals surface area contributed by atoms with Crippen LogP contribution in [0.1, 0.15) is 52.4 Å². The molecule has 21 heavy (non-hydrogen) atoms. The van der Waals surface area contributed by atoms with E-state index in [2.05, 4.69) is 36.4 Å². The van der Waals surface area contributed by atoms with Gasteiger partial charge in [0.2, 0.25) is 0 Å². The van der Waals surface area contributed by atoms with Crippen LogP contribution in [0.4, 0.5) is 4.79 Å². The number of urea groups is 1. The van der Waals surface area contributed by atoms with Gasteiger partial charge >= 0.3 is 12.0 Å². The highest BCUT2D eigenvalue weighted by atomic mass is 16.4. The summed E-state index contributed by atoms with van der Waals surface area (Å²) in [7, 11) is 2.09. The molecule has 0 radical (unpaired) electrons. The van der Waals surface area contributed by atoms with Crippen LogP contribution in [-0.2, 0) is 4.79 Å². The highest BCUT2D eigenvalue weighted by Crippen LogP contribution is 2.34. The van der Waals surface area contributed by atoms with Crippen molar-refractivity contribution in [3.63, 3.8) is 0 Å². The van der Waals surface area contributed by atoms with Crippen molar-refractivity contribution in [2.45, 2.75) is 64.0 Å². The molecule has 0 spiro atoms. The van der Waals surface area contributed by atoms with Gasteiger partial charge in [0.05, 0.1) is 12.0 Å². The van der Waals surface area contributed by atoms with Crippen molar-refractivity contribution in [2.75, 3.05) is 20.1 Å². The smallest absolute Gasteiger partial charge is 0.315 e. The quantitative estimate of drug-likeness (QED) is 0.567. The van der Waals surface area contributed by atoms with Crippen LogP contribution < -0.4 is 10.6 Å². The molecule has 0 aliphatic heterocycles. The van der Waals surface area contributed by atoms with Gasteiger partial charge in [-0.2, -0.15) is 0 Å². The standard InChI is InChI=1S/C15H29N3O3/c1-12(2)18(3)10-5-4-9-16-14(21)17-15(7-6-8-15)11-13(19)20/h12H,4-11H2,1-3H3,(H,19,20)(H2,16,17,21). The van der Waals surface area contributed by atoms with Crippen LogP contribution in [0.3, 0.4) is 0 Å². The van der Waals surface area contributed by atoms with Gasteiger partial charge in [0.25, 0.3) is 0 Å². The van der Waals surface area contributed by atoms with Gasteiger partial charge in [0, 0.05) is 12.6 Å². The first-order valence-electron chi connectivity index (χ1n) is 7.83. The molecule has 0 atom stereocenters. The van der Waals surface area contributed by atoms with Gasteiger partial charge in [-0.15, -0.1) is 0 Å². The van der Waals surface area contributed by atoms with Crippen LogP contribution in [0.5, 0.6) is 0 Å². The zero-order valence-electron chi connectivity index (χ0n) is 13.4. The summed E-state index contributed by atoms with van der Waals surface area (Å²) in [5.74, 6) is -0.855. The summed E-state index contributed by atoms with van der Waals surface area (Å²) in [6.45, 7) is 5.96. The van der Waals surface area contributed by atoms with Gasteiger partial charge in [-0.3, -0.25) is 4.79 Å². The van der Waals surface area contributed by atoms with Gasteiger partial charge in [-0.1, -0.05) is 0 Å². The Morgan fingerprint density at radius 2 is 1.95 bits per heavy atom. The van der Waals surface area contributed by atoms with E-state index in [0.29, 0.717) is 12.6 Å². The topological polar surface area (TPSA) is 81.7 Å². The molecular weight excluding hydrogens is 270 g/mol. The summed E-state index contributed by atoms with van der Waals surface area (Å²) in [6.07, 6.45) is 4.47. The van der Waals surface area contributed by atoms with Crippen molar-refractivity contribution < 1.29 is 14.7 Å². The molecule has 0 bridgehead atoms. The SMILES string of the molecule is CC(C)N(C)CCCCNC(=O)NC1(CC(=O)O)CCC1. The number of amides is 2. The second kappa shape index (κ2) is 8.22. The minimum absolute atomic E-state index is 0.0135. The fraction of sp³-hybridized carbons (Fsp3) is 0.867. The highest BCUT2D eigenvalue weighted by molar-refractivity contribution is 5.77. The minimum atomic E-state index is -0.855. The Labute approximate surface area is 127 Å². The monoisotopic (exact) mass is 299 g/mol. The molecule has 1 fully saturated rings. The Morgan fingerprint density at radius 3 is 2.43 bits per heavy atom. The van der Waals surface area contributed by atoms with E-state index in [0.717, 1.165) is 38.6 Å². The van der Waals surface area contributed by atoms with E-state index in [1.807, 2.05) is 0 Å². The van der Waals surface area contributed by atoms with Gasteiger partial charge in [-0.25, -0.2) is 4.79 Å². The third-order valence-electron chi connectivity index (χ3n) is 4.28. The molecule has 0 saturated heterocycles. The van der Waals surface area contributed by atoms with Crippen LogP contribution in [0.25, 0.3) is 0 Å². The first-order chi connectivity index (χ1) is 9.84. The predicted octanol–water partition coefficient (Wildman–Crippen LogP) is 1.80. The minimum Gasteiger partial charge on any atom is -0.481 e. The lowest BCUT2D eigenvalue weighted by Gasteiger charge is -2.41. The number of carbonyl (C=O) groups excluding carboxylic acids is 1. The van der Waals surface area contributed by atoms with E-state index >= 15 is 0 Å². The Bertz CT molecular complexity index is 354. The maximum atomic E-state index is 11.8. The lowest BCUT2D eigenvalue weighted by molar-refractivity contribution is -0.139. The Hall–Kier alpha value is -1.30. The fourth-order valence-corrected chi connectivity index (χ4v) is 2.47. The largest absolute Gasteiger partial charge is 0.481 e. The molecule has 1 aliphatic carbocycles. The Morgan fingerprint density at radius 1 is 1.29 bits per heavy atom. The molecule has 0 aromatic rings. The van der Waals surface area contributed by atoms with Crippen molar-refractivity contribution in [3.8, 4) is 0 Å². The molecule has 0 aromatic heterocycles. The number of hydrogen-bond donors (Lipinski definition) is 3. The number of aliphatic carboxylic acids is 1. The Kier molecular flexibility index (Phi) is 6.95. The first-order valence-corrected chi connectivity index (χ1v) is 7.83. The average molecular weight is 299 g/mol. The van der Waals surface area contributed by atoms with Crippen LogP contribution >= 0.6 is 0 Å². The fourth-order valence-electron chi connectivity index (χ4n) is 2.47. The van der Waals surface area contributed by atoms with Crippen molar-refractivity contribution in [1.29, 1.82) is 0 Å². The lowest BCUT2D eigenvalue weighted by Crippen LogP contribution is -2.57. The number of carboxylic acid groups (broad SMARTS) is 1. The maximum absolute atomic E-state index is 11.8. The molecule has 6 heteroatoms. The number of nitrogens with one attached hydrogen (secondary N) is 2. The zero-order chi connectivity index (χ0) is 15.9. The first kappa shape index (κ1) is 17.8. The summed E-state index contributed by atoms with van der Waals surface area (Å²) in [5, 5.41) is 14.6. The molecule has 2 amide bonds. The van der Waals surface area contributed by atoms with Gasteiger partial charge in [0.15, 0.2) is 0 Å². The highest BCUT2D eigenvalue weighted by Gasteiger charge is 2.40. The van der Waals surface area contributed by atoms with E-state index < -0.39 is 11.5 Å². The second-order valence-electron chi connectivity index (χ2n) is 6.37. The molecule has 6 nitrogen and oxygen atoms in total. The van der Waals surface area contributed by atoms with Crippen molar-refractivity contribution in [1.82, 2.24) is 15.5 Å². The van der Waals surface area contributed by atoms with E-state index in [1.54, 1.807) is 0 Å². The van der Waals surface area contributed by atoms with Crippen LogP contribution in [0.15, 0.2) is 0 Å². The number of hydrogen-bond acceptors (Lipinski definition) is 3. The molecule has 0 aromatic carbocycles. The maximum Gasteiger partial charge on any atom is 0.315 e.